The standard InChI is InChI=1S/C25H32O9/c1-11-18(31-12(2)26)8-16-19(32-13(3)27)7-15-10-25(20(9-17(15)29)33-14(4)28)23(34-25)22(30)21(11)24(16,5)6/h7,16-20,23,29H,8-10H2,1-6H3/b15-7+/t16?,17-,18?,19-,20?,23?,25?/m0/s1. The van der Waals surface area contributed by atoms with Crippen LogP contribution in [0.5, 0.6) is 0 Å². The first-order chi connectivity index (χ1) is 15.8. The van der Waals surface area contributed by atoms with E-state index in [1.54, 1.807) is 13.0 Å². The highest BCUT2D eigenvalue weighted by molar-refractivity contribution is 6.03. The SMILES string of the molecule is CC(=O)OC1CC2[C@@H](OC(C)=O)/C=C3\CC4(OC4C(=O)C(=C1C)C2(C)C)C(OC(C)=O)C[C@@H]3O. The summed E-state index contributed by atoms with van der Waals surface area (Å²) >= 11 is 0. The Morgan fingerprint density at radius 3 is 2.24 bits per heavy atom. The van der Waals surface area contributed by atoms with Crippen molar-refractivity contribution in [2.24, 2.45) is 11.3 Å². The summed E-state index contributed by atoms with van der Waals surface area (Å²) in [6.07, 6.45) is -1.74. The summed E-state index contributed by atoms with van der Waals surface area (Å²) in [5.41, 5.74) is -0.189. The minimum Gasteiger partial charge on any atom is -0.459 e. The number of ketones is 1. The van der Waals surface area contributed by atoms with Gasteiger partial charge >= 0.3 is 17.9 Å². The van der Waals surface area contributed by atoms with Crippen LogP contribution in [-0.4, -0.2) is 64.9 Å². The molecule has 1 N–H and O–H groups in total. The van der Waals surface area contributed by atoms with Gasteiger partial charge in [0.15, 0.2) is 11.9 Å². The summed E-state index contributed by atoms with van der Waals surface area (Å²) in [7, 11) is 0. The lowest BCUT2D eigenvalue weighted by Gasteiger charge is -2.47. The number of aliphatic hydroxyl groups is 1. The molecule has 1 aliphatic heterocycles. The zero-order chi connectivity index (χ0) is 25.2. The molecular weight excluding hydrogens is 444 g/mol. The minimum absolute atomic E-state index is 0.0736. The summed E-state index contributed by atoms with van der Waals surface area (Å²) in [5.74, 6) is -2.18. The van der Waals surface area contributed by atoms with Crippen molar-refractivity contribution in [1.29, 1.82) is 0 Å². The van der Waals surface area contributed by atoms with E-state index in [0.29, 0.717) is 23.1 Å². The summed E-state index contributed by atoms with van der Waals surface area (Å²) in [6.45, 7) is 9.46. The van der Waals surface area contributed by atoms with Crippen LogP contribution in [0.4, 0.5) is 0 Å². The van der Waals surface area contributed by atoms with Gasteiger partial charge in [-0.1, -0.05) is 13.8 Å². The van der Waals surface area contributed by atoms with Crippen molar-refractivity contribution >= 4 is 23.7 Å². The molecule has 3 aliphatic carbocycles. The Hall–Kier alpha value is -2.52. The van der Waals surface area contributed by atoms with E-state index < -0.39 is 65.4 Å². The van der Waals surface area contributed by atoms with Crippen molar-refractivity contribution < 1.29 is 43.2 Å². The van der Waals surface area contributed by atoms with E-state index in [1.165, 1.54) is 20.8 Å². The Morgan fingerprint density at radius 1 is 1.03 bits per heavy atom. The van der Waals surface area contributed by atoms with Crippen LogP contribution in [0.25, 0.3) is 0 Å². The second-order valence-electron chi connectivity index (χ2n) is 10.4. The number of esters is 3. The fourth-order valence-corrected chi connectivity index (χ4v) is 6.18. The lowest BCUT2D eigenvalue weighted by atomic mass is 9.59. The monoisotopic (exact) mass is 476 g/mol. The summed E-state index contributed by atoms with van der Waals surface area (Å²) in [6, 6.07) is 0. The molecule has 1 saturated carbocycles. The minimum atomic E-state index is -1.10. The fourth-order valence-electron chi connectivity index (χ4n) is 6.18. The van der Waals surface area contributed by atoms with Gasteiger partial charge in [0, 0.05) is 50.5 Å². The van der Waals surface area contributed by atoms with Crippen molar-refractivity contribution in [3.63, 3.8) is 0 Å². The molecule has 0 radical (unpaired) electrons. The Labute approximate surface area is 198 Å². The molecule has 4 aliphatic rings. The summed E-state index contributed by atoms with van der Waals surface area (Å²) < 4.78 is 22.8. The second kappa shape index (κ2) is 8.30. The molecular formula is C25H32O9. The average Bonchev–Trinajstić information content (AvgIpc) is 3.40. The highest BCUT2D eigenvalue weighted by atomic mass is 16.7. The molecule has 186 valence electrons. The van der Waals surface area contributed by atoms with Gasteiger partial charge in [-0.2, -0.15) is 0 Å². The number of epoxide rings is 1. The summed E-state index contributed by atoms with van der Waals surface area (Å²) in [5, 5.41) is 10.9. The van der Waals surface area contributed by atoms with Gasteiger partial charge in [0.05, 0.1) is 6.10 Å². The van der Waals surface area contributed by atoms with E-state index in [-0.39, 0.29) is 18.6 Å². The molecule has 4 bridgehead atoms. The lowest BCUT2D eigenvalue weighted by Crippen LogP contribution is -2.51. The van der Waals surface area contributed by atoms with Crippen LogP contribution in [0, 0.1) is 11.3 Å². The molecule has 9 heteroatoms. The lowest BCUT2D eigenvalue weighted by molar-refractivity contribution is -0.155. The van der Waals surface area contributed by atoms with Crippen molar-refractivity contribution in [3.05, 3.63) is 22.8 Å². The van der Waals surface area contributed by atoms with Gasteiger partial charge in [0.1, 0.15) is 23.9 Å². The van der Waals surface area contributed by atoms with E-state index in [0.717, 1.165) is 0 Å². The third-order valence-electron chi connectivity index (χ3n) is 7.71. The van der Waals surface area contributed by atoms with Gasteiger partial charge in [-0.3, -0.25) is 19.2 Å². The van der Waals surface area contributed by atoms with Gasteiger partial charge in [-0.15, -0.1) is 0 Å². The average molecular weight is 477 g/mol. The maximum absolute atomic E-state index is 14.0. The number of fused-ring (bicyclic) bond motifs is 3. The maximum Gasteiger partial charge on any atom is 0.303 e. The van der Waals surface area contributed by atoms with Gasteiger partial charge in [-0.25, -0.2) is 0 Å². The van der Waals surface area contributed by atoms with E-state index in [9.17, 15) is 24.3 Å². The van der Waals surface area contributed by atoms with E-state index in [2.05, 4.69) is 0 Å². The predicted molar refractivity (Wildman–Crippen MR) is 117 cm³/mol. The van der Waals surface area contributed by atoms with Crippen molar-refractivity contribution in [2.75, 3.05) is 0 Å². The smallest absolute Gasteiger partial charge is 0.303 e. The Balaban J connectivity index is 1.90. The van der Waals surface area contributed by atoms with Gasteiger partial charge < -0.3 is 24.1 Å². The van der Waals surface area contributed by atoms with Crippen LogP contribution >= 0.6 is 0 Å². The zero-order valence-electron chi connectivity index (χ0n) is 20.4. The fraction of sp³-hybridized carbons (Fsp3) is 0.680. The first-order valence-corrected chi connectivity index (χ1v) is 11.6. The number of Topliss-reactive ketones (excluding diaryl/α,β-unsaturated/α-hetero) is 1. The van der Waals surface area contributed by atoms with E-state index >= 15 is 0 Å². The first-order valence-electron chi connectivity index (χ1n) is 11.6. The molecule has 1 saturated heterocycles. The Bertz CT molecular complexity index is 1010. The molecule has 34 heavy (non-hydrogen) atoms. The van der Waals surface area contributed by atoms with Crippen LogP contribution in [0.3, 0.4) is 0 Å². The van der Waals surface area contributed by atoms with Crippen LogP contribution in [-0.2, 0) is 38.1 Å². The molecule has 0 aromatic carbocycles. The normalized spacial score (nSPS) is 39.7. The second-order valence-corrected chi connectivity index (χ2v) is 10.4. The number of carbonyl (C=O) groups excluding carboxylic acids is 4. The number of hydrogen-bond donors (Lipinski definition) is 1. The first kappa shape index (κ1) is 24.6. The molecule has 0 amide bonds. The Kier molecular flexibility index (Phi) is 6.01. The molecule has 1 spiro atoms. The molecule has 0 aromatic heterocycles. The number of carbonyl (C=O) groups is 4. The predicted octanol–water partition coefficient (Wildman–Crippen LogP) is 1.95. The maximum atomic E-state index is 14.0. The van der Waals surface area contributed by atoms with Crippen molar-refractivity contribution in [3.8, 4) is 0 Å². The zero-order valence-corrected chi connectivity index (χ0v) is 20.4. The molecule has 7 atom stereocenters. The molecule has 2 fully saturated rings. The molecule has 0 aromatic rings. The van der Waals surface area contributed by atoms with Crippen molar-refractivity contribution in [2.45, 2.75) is 96.9 Å². The highest BCUT2D eigenvalue weighted by Crippen LogP contribution is 2.57. The van der Waals surface area contributed by atoms with Crippen LogP contribution < -0.4 is 0 Å². The van der Waals surface area contributed by atoms with E-state index in [1.807, 2.05) is 13.8 Å². The topological polar surface area (TPSA) is 129 Å². The van der Waals surface area contributed by atoms with Crippen LogP contribution in [0.2, 0.25) is 0 Å². The molecule has 1 heterocycles. The third kappa shape index (κ3) is 3.98. The number of rotatable bonds is 3. The number of ether oxygens (including phenoxy) is 4. The number of hydrogen-bond acceptors (Lipinski definition) is 9. The summed E-state index contributed by atoms with van der Waals surface area (Å²) in [4.78, 5) is 49.6. The van der Waals surface area contributed by atoms with Crippen LogP contribution in [0.15, 0.2) is 22.8 Å². The van der Waals surface area contributed by atoms with Gasteiger partial charge in [0.2, 0.25) is 0 Å². The van der Waals surface area contributed by atoms with Gasteiger partial charge in [0.25, 0.3) is 0 Å². The third-order valence-corrected chi connectivity index (χ3v) is 7.71. The quantitative estimate of drug-likeness (QED) is 0.281. The molecule has 9 nitrogen and oxygen atoms in total. The number of aliphatic hydroxyl groups excluding tert-OH is 1. The van der Waals surface area contributed by atoms with Crippen molar-refractivity contribution in [1.82, 2.24) is 0 Å². The molecule has 5 unspecified atom stereocenters. The Morgan fingerprint density at radius 2 is 1.65 bits per heavy atom. The largest absolute Gasteiger partial charge is 0.459 e. The van der Waals surface area contributed by atoms with Gasteiger partial charge in [-0.05, 0) is 30.6 Å². The molecule has 4 rings (SSSR count). The van der Waals surface area contributed by atoms with E-state index in [4.69, 9.17) is 18.9 Å². The highest BCUT2D eigenvalue weighted by Gasteiger charge is 2.70. The van der Waals surface area contributed by atoms with Crippen LogP contribution in [0.1, 0.15) is 60.8 Å².